The summed E-state index contributed by atoms with van der Waals surface area (Å²) in [6.45, 7) is 18.2. The van der Waals surface area contributed by atoms with E-state index in [-0.39, 0.29) is 12.4 Å². The molecule has 0 heterocycles. The lowest BCUT2D eigenvalue weighted by atomic mass is 9.89. The van der Waals surface area contributed by atoms with E-state index in [1.54, 1.807) is 6.92 Å². The third-order valence-electron chi connectivity index (χ3n) is 11.9. The number of unbranched alkanes of at least 4 members (excludes halogenated alkanes) is 23. The Balaban J connectivity index is -0.00000398. The Hall–Kier alpha value is -1.78. The minimum atomic E-state index is -0.250. The minimum Gasteiger partial charge on any atom is -0.507 e. The highest BCUT2D eigenvalue weighted by Gasteiger charge is 2.11. The van der Waals surface area contributed by atoms with Crippen LogP contribution in [0.1, 0.15) is 266 Å². The van der Waals surface area contributed by atoms with Crippen molar-refractivity contribution in [2.24, 2.45) is 11.8 Å². The summed E-state index contributed by atoms with van der Waals surface area (Å²) in [6, 6.07) is 0. The fourth-order valence-corrected chi connectivity index (χ4v) is 8.41. The second-order valence-corrected chi connectivity index (χ2v) is 17.4. The summed E-state index contributed by atoms with van der Waals surface area (Å²) in [7, 11) is 0. The molecule has 0 saturated carbocycles. The van der Waals surface area contributed by atoms with Gasteiger partial charge in [-0.05, 0) is 50.7 Å². The maximum atomic E-state index is 11.4. The number of aliphatic hydroxyl groups is 1. The maximum Gasteiger partial charge on any atom is 0.290 e. The van der Waals surface area contributed by atoms with Crippen LogP contribution in [0.4, 0.5) is 0 Å². The van der Waals surface area contributed by atoms with Crippen LogP contribution in [0.25, 0.3) is 0 Å². The number of aliphatic hydroxyl groups excluding tert-OH is 1. The molecule has 0 aliphatic heterocycles. The van der Waals surface area contributed by atoms with Gasteiger partial charge in [-0.3, -0.25) is 9.59 Å². The first-order chi connectivity index (χ1) is 28.4. The molecule has 0 aliphatic rings. The summed E-state index contributed by atoms with van der Waals surface area (Å²) in [5.74, 6) is 2.08. The molecule has 0 rings (SSSR count). The summed E-state index contributed by atoms with van der Waals surface area (Å²) < 4.78 is 0. The first-order valence-electron chi connectivity index (χ1n) is 25.4. The Bertz CT molecular complexity index is 814. The van der Waals surface area contributed by atoms with Crippen molar-refractivity contribution in [3.8, 4) is 0 Å². The zero-order valence-corrected chi connectivity index (χ0v) is 40.0. The lowest BCUT2D eigenvalue weighted by molar-refractivity contribution is -0.123. The van der Waals surface area contributed by atoms with E-state index in [0.29, 0.717) is 0 Å². The molecule has 0 radical (unpaired) electrons. The molecule has 6 nitrogen and oxygen atoms in total. The van der Waals surface area contributed by atoms with E-state index in [1.807, 2.05) is 0 Å². The van der Waals surface area contributed by atoms with Crippen molar-refractivity contribution in [3.63, 3.8) is 0 Å². The summed E-state index contributed by atoms with van der Waals surface area (Å²) in [4.78, 5) is 22.5. The average molecular weight is 821 g/mol. The highest BCUT2D eigenvalue weighted by Crippen LogP contribution is 2.25. The van der Waals surface area contributed by atoms with E-state index in [9.17, 15) is 4.79 Å². The molecule has 1 unspecified atom stereocenters. The van der Waals surface area contributed by atoms with Gasteiger partial charge in [-0.15, -0.1) is 0 Å². The van der Waals surface area contributed by atoms with Crippen molar-refractivity contribution in [2.75, 3.05) is 26.2 Å². The van der Waals surface area contributed by atoms with E-state index in [1.165, 1.54) is 238 Å². The topological polar surface area (TPSA) is 89.9 Å². The standard InChI is InChI=1S/C48H98N2O.C3H4O.CH2O2/c1-6-10-13-16-21-28-37-47(36-9-4)38-29-24-19-26-33-43-50(45-35-42-49-46(5)51)44-34-27-20-25-32-41-48(39-30-22-17-14-11-7-2)40-31-23-18-15-12-8-3;1-2-3-4;2-1-3/h47-48H,6-45H2,1-5H3,(H,49,51);3-4H,1H2;1H,(H,2,3). The van der Waals surface area contributed by atoms with Crippen LogP contribution in [-0.2, 0) is 9.59 Å². The van der Waals surface area contributed by atoms with Gasteiger partial charge < -0.3 is 20.4 Å². The average Bonchev–Trinajstić information content (AvgIpc) is 3.22. The van der Waals surface area contributed by atoms with Crippen LogP contribution >= 0.6 is 0 Å². The van der Waals surface area contributed by atoms with Crippen molar-refractivity contribution in [3.05, 3.63) is 18.6 Å². The number of carbonyl (C=O) groups is 2. The van der Waals surface area contributed by atoms with Gasteiger partial charge >= 0.3 is 0 Å². The van der Waals surface area contributed by atoms with E-state index < -0.39 is 0 Å². The van der Waals surface area contributed by atoms with Crippen molar-refractivity contribution in [1.29, 1.82) is 0 Å². The maximum absolute atomic E-state index is 11.4. The Morgan fingerprint density at radius 1 is 0.500 bits per heavy atom. The molecule has 58 heavy (non-hydrogen) atoms. The molecule has 0 saturated heterocycles. The number of nitrogens with one attached hydrogen (secondary N) is 1. The first kappa shape index (κ1) is 60.5. The van der Waals surface area contributed by atoms with Crippen molar-refractivity contribution in [1.82, 2.24) is 10.2 Å². The van der Waals surface area contributed by atoms with E-state index in [4.69, 9.17) is 15.0 Å². The molecule has 6 heteroatoms. The monoisotopic (exact) mass is 821 g/mol. The van der Waals surface area contributed by atoms with Gasteiger partial charge in [-0.25, -0.2) is 0 Å². The van der Waals surface area contributed by atoms with Gasteiger partial charge in [0.15, 0.2) is 0 Å². The van der Waals surface area contributed by atoms with Crippen molar-refractivity contribution < 1.29 is 19.8 Å². The number of amides is 1. The molecule has 0 fully saturated rings. The fourth-order valence-electron chi connectivity index (χ4n) is 8.41. The van der Waals surface area contributed by atoms with Gasteiger partial charge in [0.1, 0.15) is 6.26 Å². The molecule has 0 spiro atoms. The van der Waals surface area contributed by atoms with Gasteiger partial charge in [0.25, 0.3) is 6.47 Å². The number of hydrogen-bond donors (Lipinski definition) is 3. The molecule has 0 aromatic carbocycles. The van der Waals surface area contributed by atoms with E-state index in [2.05, 4.69) is 50.2 Å². The number of rotatable bonds is 43. The summed E-state index contributed by atoms with van der Waals surface area (Å²) in [5, 5.41) is 17.5. The quantitative estimate of drug-likeness (QED) is 0.0247. The van der Waals surface area contributed by atoms with Gasteiger partial charge in [-0.2, -0.15) is 0 Å². The van der Waals surface area contributed by atoms with Crippen LogP contribution in [-0.4, -0.2) is 53.7 Å². The Labute approximate surface area is 363 Å². The summed E-state index contributed by atoms with van der Waals surface area (Å²) in [5.41, 5.74) is 2.11. The Morgan fingerprint density at radius 2 is 0.776 bits per heavy atom. The normalized spacial score (nSPS) is 11.4. The second-order valence-electron chi connectivity index (χ2n) is 17.4. The zero-order valence-electron chi connectivity index (χ0n) is 40.0. The molecule has 0 aliphatic carbocycles. The predicted molar refractivity (Wildman–Crippen MR) is 256 cm³/mol. The third-order valence-corrected chi connectivity index (χ3v) is 11.9. The molecule has 3 N–H and O–H groups in total. The van der Waals surface area contributed by atoms with Gasteiger partial charge in [0.2, 0.25) is 5.91 Å². The zero-order chi connectivity index (χ0) is 43.4. The first-order valence-corrected chi connectivity index (χ1v) is 25.4. The SMILES string of the molecule is C=C=CO.CCCCCCCCC(CCC)CCCCCCCN(CCCCCCCC(CCCCCCCC)CCCCCCCC)CCCNC(C)=O.O=CO. The van der Waals surface area contributed by atoms with Crippen LogP contribution in [0, 0.1) is 11.8 Å². The lowest BCUT2D eigenvalue weighted by Crippen LogP contribution is -2.30. The van der Waals surface area contributed by atoms with Crippen LogP contribution in [0.5, 0.6) is 0 Å². The number of nitrogens with zero attached hydrogens (tertiary/aromatic N) is 1. The molecule has 1 atom stereocenters. The van der Waals surface area contributed by atoms with Gasteiger partial charge in [-0.1, -0.05) is 252 Å². The fraction of sp³-hybridized carbons (Fsp3) is 0.904. The largest absolute Gasteiger partial charge is 0.507 e. The van der Waals surface area contributed by atoms with E-state index in [0.717, 1.165) is 37.6 Å². The number of carboxylic acid groups (broad SMARTS) is 1. The summed E-state index contributed by atoms with van der Waals surface area (Å²) >= 11 is 0. The van der Waals surface area contributed by atoms with Crippen LogP contribution in [0.2, 0.25) is 0 Å². The highest BCUT2D eigenvalue weighted by molar-refractivity contribution is 5.72. The highest BCUT2D eigenvalue weighted by atomic mass is 16.3. The molecule has 346 valence electrons. The number of carbonyl (C=O) groups excluding carboxylic acids is 1. The van der Waals surface area contributed by atoms with Gasteiger partial charge in [0, 0.05) is 13.5 Å². The third kappa shape index (κ3) is 54.2. The molecular weight excluding hydrogens is 717 g/mol. The smallest absolute Gasteiger partial charge is 0.290 e. The summed E-state index contributed by atoms with van der Waals surface area (Å²) in [6.07, 6.45) is 52.0. The molecule has 0 aromatic rings. The molecule has 1 amide bonds. The lowest BCUT2D eigenvalue weighted by Gasteiger charge is -2.22. The Morgan fingerprint density at radius 3 is 1.07 bits per heavy atom. The predicted octanol–water partition coefficient (Wildman–Crippen LogP) is 16.3. The number of hydrogen-bond acceptors (Lipinski definition) is 4. The van der Waals surface area contributed by atoms with Crippen LogP contribution in [0.15, 0.2) is 18.6 Å². The molecular formula is C52H104N2O4. The Kier molecular flexibility index (Phi) is 57.6. The van der Waals surface area contributed by atoms with Crippen molar-refractivity contribution in [2.45, 2.75) is 266 Å². The van der Waals surface area contributed by atoms with Crippen LogP contribution < -0.4 is 5.32 Å². The molecule has 0 aromatic heterocycles. The van der Waals surface area contributed by atoms with E-state index >= 15 is 0 Å². The minimum absolute atomic E-state index is 0.107. The van der Waals surface area contributed by atoms with Gasteiger partial charge in [0.05, 0.1) is 0 Å². The molecule has 0 bridgehead atoms. The van der Waals surface area contributed by atoms with Crippen LogP contribution in [0.3, 0.4) is 0 Å². The second kappa shape index (κ2) is 55.2. The van der Waals surface area contributed by atoms with Crippen molar-refractivity contribution >= 4 is 12.4 Å².